The Morgan fingerprint density at radius 3 is 2.08 bits per heavy atom. The fraction of sp³-hybridized carbons (Fsp3) is 0.276. The van der Waals surface area contributed by atoms with Crippen LogP contribution >= 0.6 is 0 Å². The van der Waals surface area contributed by atoms with E-state index < -0.39 is 0 Å². The van der Waals surface area contributed by atoms with Gasteiger partial charge in [-0.25, -0.2) is 0 Å². The topological polar surface area (TPSA) is 16.4 Å². The first-order valence-corrected chi connectivity index (χ1v) is 22.8. The highest BCUT2D eigenvalue weighted by molar-refractivity contribution is 6.09. The Hall–Kier alpha value is -5.86. The average molecular weight is 778 g/mol. The Bertz CT molecular complexity index is 3010. The maximum absolute atomic E-state index is 6.53. The summed E-state index contributed by atoms with van der Waals surface area (Å²) in [5.74, 6) is 2.94. The van der Waals surface area contributed by atoms with E-state index >= 15 is 0 Å². The summed E-state index contributed by atoms with van der Waals surface area (Å²) in [5, 5.41) is 2.32. The van der Waals surface area contributed by atoms with Gasteiger partial charge in [-0.1, -0.05) is 142 Å². The van der Waals surface area contributed by atoms with Gasteiger partial charge in [-0.3, -0.25) is 0 Å². The lowest BCUT2D eigenvalue weighted by molar-refractivity contribution is 0.0426. The van der Waals surface area contributed by atoms with Crippen molar-refractivity contribution < 1.29 is 4.42 Å². The van der Waals surface area contributed by atoms with E-state index in [2.05, 4.69) is 170 Å². The minimum absolute atomic E-state index is 0.0710. The molecule has 8 aromatic rings. The molecule has 2 heteroatoms. The Morgan fingerprint density at radius 1 is 0.533 bits per heavy atom. The molecule has 2 bridgehead atoms. The molecule has 0 aliphatic heterocycles. The number of rotatable bonds is 4. The van der Waals surface area contributed by atoms with Gasteiger partial charge >= 0.3 is 0 Å². The summed E-state index contributed by atoms with van der Waals surface area (Å²) >= 11 is 0. The third kappa shape index (κ3) is 4.66. The second-order valence-corrected chi connectivity index (χ2v) is 19.4. The lowest BCUT2D eigenvalue weighted by Crippen LogP contribution is -2.49. The SMILES string of the molecule is C[C@@H]1CC2C[C@@H](C1)[C@@]1(c3ccccc3-c3cc(N(c4ccc(-c5cccc6c5oc5ccccc56)cc4)c4cccc5c4-c4ccccc4C54CCCC4)ccc31)[C@@H](C)C2. The van der Waals surface area contributed by atoms with Crippen LogP contribution in [-0.2, 0) is 10.8 Å². The Labute approximate surface area is 353 Å². The van der Waals surface area contributed by atoms with Crippen LogP contribution in [0.5, 0.6) is 0 Å². The Balaban J connectivity index is 1.01. The number of hydrogen-bond acceptors (Lipinski definition) is 2. The summed E-state index contributed by atoms with van der Waals surface area (Å²) < 4.78 is 6.53. The number of nitrogens with zero attached hydrogens (tertiary/aromatic N) is 1. The van der Waals surface area contributed by atoms with Crippen LogP contribution in [0.4, 0.5) is 17.1 Å². The van der Waals surface area contributed by atoms with Gasteiger partial charge in [0.15, 0.2) is 0 Å². The summed E-state index contributed by atoms with van der Waals surface area (Å²) in [4.78, 5) is 2.59. The quantitative estimate of drug-likeness (QED) is 0.177. The highest BCUT2D eigenvalue weighted by Gasteiger charge is 2.56. The maximum atomic E-state index is 6.53. The minimum atomic E-state index is 0.0710. The smallest absolute Gasteiger partial charge is 0.143 e. The lowest BCUT2D eigenvalue weighted by Gasteiger charge is -2.54. The van der Waals surface area contributed by atoms with Crippen LogP contribution in [0.3, 0.4) is 0 Å². The van der Waals surface area contributed by atoms with Crippen LogP contribution in [0.2, 0.25) is 0 Å². The molecule has 5 atom stereocenters. The molecule has 3 saturated carbocycles. The molecule has 294 valence electrons. The minimum Gasteiger partial charge on any atom is -0.455 e. The molecule has 7 aromatic carbocycles. The molecule has 0 radical (unpaired) electrons. The number of anilines is 3. The van der Waals surface area contributed by atoms with Crippen molar-refractivity contribution in [3.8, 4) is 33.4 Å². The van der Waals surface area contributed by atoms with Crippen LogP contribution in [0.1, 0.15) is 87.5 Å². The van der Waals surface area contributed by atoms with Crippen molar-refractivity contribution in [2.75, 3.05) is 4.90 Å². The molecule has 2 nitrogen and oxygen atoms in total. The van der Waals surface area contributed by atoms with Crippen LogP contribution in [0, 0.1) is 23.7 Å². The van der Waals surface area contributed by atoms with Crippen LogP contribution in [-0.4, -0.2) is 0 Å². The highest BCUT2D eigenvalue weighted by Crippen LogP contribution is 2.65. The fourth-order valence-electron chi connectivity index (χ4n) is 14.2. The third-order valence-corrected chi connectivity index (χ3v) is 16.3. The second kappa shape index (κ2) is 12.8. The van der Waals surface area contributed by atoms with Gasteiger partial charge in [0.25, 0.3) is 0 Å². The zero-order valence-electron chi connectivity index (χ0n) is 34.8. The predicted molar refractivity (Wildman–Crippen MR) is 249 cm³/mol. The number of hydrogen-bond donors (Lipinski definition) is 0. The van der Waals surface area contributed by atoms with Gasteiger partial charge in [-0.15, -0.1) is 0 Å². The van der Waals surface area contributed by atoms with Gasteiger partial charge in [0.2, 0.25) is 0 Å². The van der Waals surface area contributed by atoms with E-state index in [1.54, 1.807) is 11.1 Å². The molecule has 0 N–H and O–H groups in total. The van der Waals surface area contributed by atoms with E-state index in [-0.39, 0.29) is 10.8 Å². The van der Waals surface area contributed by atoms with Gasteiger partial charge in [0.05, 0.1) is 5.69 Å². The average Bonchev–Trinajstić information content (AvgIpc) is 4.05. The van der Waals surface area contributed by atoms with Crippen molar-refractivity contribution in [1.29, 1.82) is 0 Å². The molecule has 5 aliphatic rings. The molecule has 1 unspecified atom stereocenters. The zero-order chi connectivity index (χ0) is 39.7. The number of para-hydroxylation sites is 2. The second-order valence-electron chi connectivity index (χ2n) is 19.4. The fourth-order valence-corrected chi connectivity index (χ4v) is 14.2. The van der Waals surface area contributed by atoms with Gasteiger partial charge < -0.3 is 9.32 Å². The largest absolute Gasteiger partial charge is 0.455 e. The van der Waals surface area contributed by atoms with Crippen LogP contribution in [0.15, 0.2) is 156 Å². The van der Waals surface area contributed by atoms with Crippen molar-refractivity contribution in [2.24, 2.45) is 23.7 Å². The zero-order valence-corrected chi connectivity index (χ0v) is 34.8. The Morgan fingerprint density at radius 2 is 1.22 bits per heavy atom. The van der Waals surface area contributed by atoms with Gasteiger partial charge in [-0.05, 0) is 143 Å². The van der Waals surface area contributed by atoms with Crippen molar-refractivity contribution in [2.45, 2.75) is 76.0 Å². The highest BCUT2D eigenvalue weighted by atomic mass is 16.3. The molecule has 2 spiro atoms. The molecular weight excluding hydrogens is 727 g/mol. The third-order valence-electron chi connectivity index (χ3n) is 16.3. The summed E-state index contributed by atoms with van der Waals surface area (Å²) in [6.45, 7) is 5.10. The van der Waals surface area contributed by atoms with Crippen molar-refractivity contribution in [3.05, 3.63) is 174 Å². The van der Waals surface area contributed by atoms with E-state index in [1.165, 1.54) is 102 Å². The number of furan rings is 1. The molecule has 1 heterocycles. The monoisotopic (exact) mass is 777 g/mol. The summed E-state index contributed by atoms with van der Waals surface area (Å²) in [6, 6.07) is 57.9. The van der Waals surface area contributed by atoms with E-state index in [0.717, 1.165) is 44.9 Å². The lowest BCUT2D eigenvalue weighted by atomic mass is 9.49. The number of fused-ring (bicyclic) bond motifs is 16. The van der Waals surface area contributed by atoms with Crippen LogP contribution in [0.25, 0.3) is 55.3 Å². The van der Waals surface area contributed by atoms with Gasteiger partial charge in [-0.2, -0.15) is 0 Å². The van der Waals surface area contributed by atoms with E-state index in [1.807, 2.05) is 0 Å². The van der Waals surface area contributed by atoms with Crippen LogP contribution < -0.4 is 4.90 Å². The molecule has 3 fully saturated rings. The van der Waals surface area contributed by atoms with Crippen molar-refractivity contribution >= 4 is 39.0 Å². The van der Waals surface area contributed by atoms with Crippen molar-refractivity contribution in [1.82, 2.24) is 0 Å². The molecule has 5 aliphatic carbocycles. The standard InChI is InChI=1S/C58H51NO/c1-36-31-38-33-37(2)58(40(32-36)34-38)50-19-7-3-13-44(50)48-35-42(27-28-51(48)58)59(53-21-12-20-52-55(53)47-15-4-6-18-49(47)57(52)29-9-10-30-57)41-25-23-39(24-26-41)43-16-11-17-46-45-14-5-8-22-54(45)60-56(43)46/h3-8,11-28,35-38,40H,9-10,29-34H2,1-2H3/t36-,37+,38?,40-,58-/m1/s1. The molecule has 0 amide bonds. The molecule has 13 rings (SSSR count). The van der Waals surface area contributed by atoms with E-state index in [4.69, 9.17) is 4.42 Å². The predicted octanol–water partition coefficient (Wildman–Crippen LogP) is 15.9. The van der Waals surface area contributed by atoms with E-state index in [0.29, 0.717) is 11.8 Å². The Kier molecular flexibility index (Phi) is 7.47. The first-order valence-electron chi connectivity index (χ1n) is 22.8. The van der Waals surface area contributed by atoms with E-state index in [9.17, 15) is 0 Å². The summed E-state index contributed by atoms with van der Waals surface area (Å²) in [6.07, 6.45) is 10.4. The molecule has 1 aromatic heterocycles. The first kappa shape index (κ1) is 34.9. The van der Waals surface area contributed by atoms with Gasteiger partial charge in [0, 0.05) is 44.1 Å². The molecular formula is C58H51NO. The first-order chi connectivity index (χ1) is 29.5. The van der Waals surface area contributed by atoms with Crippen molar-refractivity contribution in [3.63, 3.8) is 0 Å². The van der Waals surface area contributed by atoms with Gasteiger partial charge in [0.1, 0.15) is 11.2 Å². The molecule has 0 saturated heterocycles. The number of benzene rings is 7. The normalized spacial score (nSPS) is 24.2. The maximum Gasteiger partial charge on any atom is 0.143 e. The summed E-state index contributed by atoms with van der Waals surface area (Å²) in [5.41, 5.74) is 19.9. The summed E-state index contributed by atoms with van der Waals surface area (Å²) in [7, 11) is 0. The molecule has 60 heavy (non-hydrogen) atoms.